The lowest BCUT2D eigenvalue weighted by atomic mass is 10.1. The van der Waals surface area contributed by atoms with Gasteiger partial charge in [0.1, 0.15) is 11.6 Å². The molecular formula is C18H21FN4O4. The number of ether oxygens (including phenoxy) is 1. The molecule has 1 fully saturated rings. The summed E-state index contributed by atoms with van der Waals surface area (Å²) in [6.07, 6.45) is 0.531. The van der Waals surface area contributed by atoms with E-state index in [0.29, 0.717) is 24.3 Å². The minimum Gasteiger partial charge on any atom is -0.494 e. The van der Waals surface area contributed by atoms with Crippen LogP contribution in [0.3, 0.4) is 0 Å². The zero-order chi connectivity index (χ0) is 19.7. The third kappa shape index (κ3) is 3.44. The number of hydrogen-bond acceptors (Lipinski definition) is 6. The second kappa shape index (κ2) is 7.26. The Morgan fingerprint density at radius 2 is 2.19 bits per heavy atom. The maximum Gasteiger partial charge on any atom is 0.259 e. The predicted octanol–water partition coefficient (Wildman–Crippen LogP) is 1.52. The molecular weight excluding hydrogens is 355 g/mol. The molecule has 0 spiro atoms. The molecule has 144 valence electrons. The first kappa shape index (κ1) is 18.7. The fourth-order valence-electron chi connectivity index (χ4n) is 2.98. The SMILES string of the molecule is COc1cc(-c2onc(N(C)C)c2C(=O)NC2CCN(C)C2=O)ccc1F. The molecule has 2 aromatic rings. The number of amides is 2. The molecule has 0 radical (unpaired) electrons. The van der Waals surface area contributed by atoms with Crippen molar-refractivity contribution in [2.24, 2.45) is 0 Å². The smallest absolute Gasteiger partial charge is 0.259 e. The van der Waals surface area contributed by atoms with E-state index in [-0.39, 0.29) is 23.0 Å². The Kier molecular flexibility index (Phi) is 5.02. The molecule has 0 saturated carbocycles. The van der Waals surface area contributed by atoms with E-state index >= 15 is 0 Å². The van der Waals surface area contributed by atoms with Gasteiger partial charge in [0.25, 0.3) is 5.91 Å². The van der Waals surface area contributed by atoms with Crippen molar-refractivity contribution in [1.29, 1.82) is 0 Å². The summed E-state index contributed by atoms with van der Waals surface area (Å²) in [6.45, 7) is 0.579. The highest BCUT2D eigenvalue weighted by molar-refractivity contribution is 6.05. The number of methoxy groups -OCH3 is 1. The minimum atomic E-state index is -0.594. The topological polar surface area (TPSA) is 87.9 Å². The van der Waals surface area contributed by atoms with E-state index in [1.807, 2.05) is 0 Å². The molecule has 3 rings (SSSR count). The zero-order valence-electron chi connectivity index (χ0n) is 15.6. The summed E-state index contributed by atoms with van der Waals surface area (Å²) in [6, 6.07) is 3.54. The van der Waals surface area contributed by atoms with Crippen LogP contribution in [0.2, 0.25) is 0 Å². The molecule has 1 aromatic carbocycles. The van der Waals surface area contributed by atoms with Crippen LogP contribution in [-0.4, -0.2) is 62.7 Å². The molecule has 1 aliphatic rings. The normalized spacial score (nSPS) is 16.6. The first-order valence-electron chi connectivity index (χ1n) is 8.40. The lowest BCUT2D eigenvalue weighted by Crippen LogP contribution is -2.41. The molecule has 1 atom stereocenters. The highest BCUT2D eigenvalue weighted by Gasteiger charge is 2.33. The van der Waals surface area contributed by atoms with Gasteiger partial charge in [-0.15, -0.1) is 0 Å². The summed E-state index contributed by atoms with van der Waals surface area (Å²) in [5.74, 6) is -0.644. The van der Waals surface area contributed by atoms with Crippen molar-refractivity contribution < 1.29 is 23.2 Å². The standard InChI is InChI=1S/C18H21FN4O4/c1-22(2)16-14(17(24)20-12-7-8-23(3)18(12)25)15(27-21-16)10-5-6-11(19)13(9-10)26-4/h5-6,9,12H,7-8H2,1-4H3,(H,20,24). The van der Waals surface area contributed by atoms with Crippen molar-refractivity contribution in [2.45, 2.75) is 12.5 Å². The van der Waals surface area contributed by atoms with Gasteiger partial charge in [0.15, 0.2) is 23.1 Å². The second-order valence-electron chi connectivity index (χ2n) is 6.53. The Morgan fingerprint density at radius 3 is 2.78 bits per heavy atom. The Hall–Kier alpha value is -3.10. The molecule has 1 aliphatic heterocycles. The first-order valence-corrected chi connectivity index (χ1v) is 8.40. The largest absolute Gasteiger partial charge is 0.494 e. The van der Waals surface area contributed by atoms with Gasteiger partial charge in [-0.05, 0) is 24.6 Å². The molecule has 1 unspecified atom stereocenters. The van der Waals surface area contributed by atoms with E-state index in [9.17, 15) is 14.0 Å². The number of rotatable bonds is 5. The third-order valence-electron chi connectivity index (χ3n) is 4.47. The van der Waals surface area contributed by atoms with Gasteiger partial charge in [-0.1, -0.05) is 5.16 Å². The van der Waals surface area contributed by atoms with E-state index in [1.54, 1.807) is 30.9 Å². The molecule has 1 saturated heterocycles. The summed E-state index contributed by atoms with van der Waals surface area (Å²) < 4.78 is 24.1. The molecule has 8 nitrogen and oxygen atoms in total. The van der Waals surface area contributed by atoms with Gasteiger partial charge in [-0.3, -0.25) is 9.59 Å². The summed E-state index contributed by atoms with van der Waals surface area (Å²) >= 11 is 0. The van der Waals surface area contributed by atoms with Crippen molar-refractivity contribution >= 4 is 17.6 Å². The van der Waals surface area contributed by atoms with Crippen LogP contribution in [0.25, 0.3) is 11.3 Å². The summed E-state index contributed by atoms with van der Waals surface area (Å²) in [4.78, 5) is 28.2. The summed E-state index contributed by atoms with van der Waals surface area (Å²) in [7, 11) is 6.48. The van der Waals surface area contributed by atoms with Gasteiger partial charge in [-0.25, -0.2) is 4.39 Å². The van der Waals surface area contributed by atoms with E-state index in [1.165, 1.54) is 25.3 Å². The number of likely N-dealkylation sites (tertiary alicyclic amines) is 1. The fraction of sp³-hybridized carbons (Fsp3) is 0.389. The van der Waals surface area contributed by atoms with Crippen LogP contribution < -0.4 is 15.0 Å². The number of nitrogens with zero attached hydrogens (tertiary/aromatic N) is 3. The van der Waals surface area contributed by atoms with E-state index < -0.39 is 17.8 Å². The lowest BCUT2D eigenvalue weighted by molar-refractivity contribution is -0.128. The Labute approximate surface area is 155 Å². The van der Waals surface area contributed by atoms with Crippen molar-refractivity contribution in [3.8, 4) is 17.1 Å². The number of hydrogen-bond donors (Lipinski definition) is 1. The Bertz CT molecular complexity index is 880. The third-order valence-corrected chi connectivity index (χ3v) is 4.47. The molecule has 0 aliphatic carbocycles. The summed E-state index contributed by atoms with van der Waals surface area (Å²) in [5.41, 5.74) is 0.616. The van der Waals surface area contributed by atoms with Gasteiger partial charge in [-0.2, -0.15) is 0 Å². The molecule has 0 bridgehead atoms. The van der Waals surface area contributed by atoms with Gasteiger partial charge in [0, 0.05) is 33.3 Å². The van der Waals surface area contributed by atoms with Crippen LogP contribution in [0.15, 0.2) is 22.7 Å². The van der Waals surface area contributed by atoms with E-state index in [2.05, 4.69) is 10.5 Å². The van der Waals surface area contributed by atoms with Gasteiger partial charge in [0.05, 0.1) is 7.11 Å². The number of benzene rings is 1. The van der Waals surface area contributed by atoms with E-state index in [4.69, 9.17) is 9.26 Å². The highest BCUT2D eigenvalue weighted by Crippen LogP contribution is 2.33. The molecule has 27 heavy (non-hydrogen) atoms. The first-order chi connectivity index (χ1) is 12.8. The van der Waals surface area contributed by atoms with Crippen LogP contribution >= 0.6 is 0 Å². The average Bonchev–Trinajstić information content (AvgIpc) is 3.21. The van der Waals surface area contributed by atoms with Crippen LogP contribution in [0.4, 0.5) is 10.2 Å². The number of aromatic nitrogens is 1. The van der Waals surface area contributed by atoms with Crippen LogP contribution in [-0.2, 0) is 4.79 Å². The quantitative estimate of drug-likeness (QED) is 0.851. The number of halogens is 1. The minimum absolute atomic E-state index is 0.0225. The monoisotopic (exact) mass is 376 g/mol. The molecule has 9 heteroatoms. The zero-order valence-corrected chi connectivity index (χ0v) is 15.6. The Morgan fingerprint density at radius 1 is 1.44 bits per heavy atom. The van der Waals surface area contributed by atoms with Gasteiger partial charge >= 0.3 is 0 Å². The van der Waals surface area contributed by atoms with Gasteiger partial charge < -0.3 is 24.4 Å². The number of nitrogens with one attached hydrogen (secondary N) is 1. The number of carbonyl (C=O) groups excluding carboxylic acids is 2. The maximum atomic E-state index is 13.7. The molecule has 1 aromatic heterocycles. The van der Waals surface area contributed by atoms with Crippen molar-refractivity contribution in [1.82, 2.24) is 15.4 Å². The predicted molar refractivity (Wildman–Crippen MR) is 96.3 cm³/mol. The van der Waals surface area contributed by atoms with Crippen molar-refractivity contribution in [3.05, 3.63) is 29.6 Å². The highest BCUT2D eigenvalue weighted by atomic mass is 19.1. The maximum absolute atomic E-state index is 13.7. The average molecular weight is 376 g/mol. The van der Waals surface area contributed by atoms with Crippen molar-refractivity contribution in [2.75, 3.05) is 39.7 Å². The Balaban J connectivity index is 1.99. The number of anilines is 1. The van der Waals surface area contributed by atoms with Gasteiger partial charge in [0.2, 0.25) is 5.91 Å². The van der Waals surface area contributed by atoms with Crippen molar-refractivity contribution in [3.63, 3.8) is 0 Å². The fourth-order valence-corrected chi connectivity index (χ4v) is 2.98. The van der Waals surface area contributed by atoms with E-state index in [0.717, 1.165) is 0 Å². The van der Waals surface area contributed by atoms with Crippen LogP contribution in [0.1, 0.15) is 16.8 Å². The lowest BCUT2D eigenvalue weighted by Gasteiger charge is -2.14. The number of carbonyl (C=O) groups is 2. The molecule has 2 heterocycles. The molecule has 1 N–H and O–H groups in total. The second-order valence-corrected chi connectivity index (χ2v) is 6.53. The van der Waals surface area contributed by atoms with Crippen LogP contribution in [0, 0.1) is 5.82 Å². The van der Waals surface area contributed by atoms with Crippen LogP contribution in [0.5, 0.6) is 5.75 Å². The number of likely N-dealkylation sites (N-methyl/N-ethyl adjacent to an activating group) is 1. The summed E-state index contributed by atoms with van der Waals surface area (Å²) in [5, 5.41) is 6.70. The molecule has 2 amide bonds.